The van der Waals surface area contributed by atoms with Crippen molar-refractivity contribution in [2.24, 2.45) is 5.73 Å². The van der Waals surface area contributed by atoms with Gasteiger partial charge < -0.3 is 15.8 Å². The maximum absolute atomic E-state index is 13.1. The predicted molar refractivity (Wildman–Crippen MR) is 119 cm³/mol. The highest BCUT2D eigenvalue weighted by Gasteiger charge is 2.26. The monoisotopic (exact) mass is 438 g/mol. The van der Waals surface area contributed by atoms with Crippen LogP contribution >= 0.6 is 11.8 Å². The Hall–Kier alpha value is -3.59. The van der Waals surface area contributed by atoms with Crippen LogP contribution in [0.5, 0.6) is 5.75 Å². The van der Waals surface area contributed by atoms with Crippen molar-refractivity contribution >= 4 is 23.6 Å². The van der Waals surface area contributed by atoms with Crippen molar-refractivity contribution in [3.63, 3.8) is 0 Å². The SMILES string of the molecule is CNC(=O)c1cc(-c2ccc(OC)cc2)nn(C(C(N)=O)c2ccc(SC)cc2)c1=O. The fraction of sp³-hybridized carbons (Fsp3) is 0.182. The van der Waals surface area contributed by atoms with Crippen LogP contribution in [0, 0.1) is 0 Å². The molecule has 2 amide bonds. The van der Waals surface area contributed by atoms with Crippen molar-refractivity contribution in [1.29, 1.82) is 0 Å². The molecule has 0 aliphatic rings. The van der Waals surface area contributed by atoms with Gasteiger partial charge in [0, 0.05) is 17.5 Å². The largest absolute Gasteiger partial charge is 0.497 e. The molecule has 2 aromatic carbocycles. The summed E-state index contributed by atoms with van der Waals surface area (Å²) in [5, 5.41) is 6.84. The van der Waals surface area contributed by atoms with E-state index in [1.54, 1.807) is 55.3 Å². The first-order chi connectivity index (χ1) is 14.9. The molecule has 3 N–H and O–H groups in total. The van der Waals surface area contributed by atoms with Gasteiger partial charge in [-0.15, -0.1) is 11.8 Å². The van der Waals surface area contributed by atoms with Crippen molar-refractivity contribution in [1.82, 2.24) is 15.1 Å². The first-order valence-corrected chi connectivity index (χ1v) is 10.6. The van der Waals surface area contributed by atoms with E-state index < -0.39 is 23.4 Å². The summed E-state index contributed by atoms with van der Waals surface area (Å²) in [6.07, 6.45) is 1.93. The molecule has 1 aromatic heterocycles. The van der Waals surface area contributed by atoms with E-state index in [4.69, 9.17) is 10.5 Å². The molecule has 1 unspecified atom stereocenters. The lowest BCUT2D eigenvalue weighted by molar-refractivity contribution is -0.120. The number of benzene rings is 2. The molecule has 3 rings (SSSR count). The van der Waals surface area contributed by atoms with Gasteiger partial charge in [0.05, 0.1) is 12.8 Å². The molecule has 0 aliphatic carbocycles. The summed E-state index contributed by atoms with van der Waals surface area (Å²) in [7, 11) is 2.98. The molecule has 9 heteroatoms. The highest BCUT2D eigenvalue weighted by molar-refractivity contribution is 7.98. The van der Waals surface area contributed by atoms with Crippen LogP contribution in [0.25, 0.3) is 11.3 Å². The summed E-state index contributed by atoms with van der Waals surface area (Å²) < 4.78 is 6.14. The zero-order chi connectivity index (χ0) is 22.5. The van der Waals surface area contributed by atoms with E-state index in [0.29, 0.717) is 22.6 Å². The number of aromatic nitrogens is 2. The van der Waals surface area contributed by atoms with Gasteiger partial charge in [-0.1, -0.05) is 12.1 Å². The number of nitrogens with zero attached hydrogens (tertiary/aromatic N) is 2. The maximum Gasteiger partial charge on any atom is 0.280 e. The smallest absolute Gasteiger partial charge is 0.280 e. The van der Waals surface area contributed by atoms with Crippen molar-refractivity contribution < 1.29 is 14.3 Å². The van der Waals surface area contributed by atoms with Crippen molar-refractivity contribution in [2.45, 2.75) is 10.9 Å². The molecule has 0 saturated heterocycles. The van der Waals surface area contributed by atoms with Crippen LogP contribution in [0.4, 0.5) is 0 Å². The summed E-state index contributed by atoms with van der Waals surface area (Å²) in [4.78, 5) is 38.9. The van der Waals surface area contributed by atoms with Gasteiger partial charge in [-0.2, -0.15) is 5.10 Å². The number of hydrogen-bond acceptors (Lipinski definition) is 6. The molecule has 3 aromatic rings. The first kappa shape index (κ1) is 22.1. The number of amides is 2. The number of methoxy groups -OCH3 is 1. The van der Waals surface area contributed by atoms with Gasteiger partial charge in [-0.3, -0.25) is 14.4 Å². The summed E-state index contributed by atoms with van der Waals surface area (Å²) in [6.45, 7) is 0. The van der Waals surface area contributed by atoms with E-state index >= 15 is 0 Å². The second-order valence-electron chi connectivity index (χ2n) is 6.58. The van der Waals surface area contributed by atoms with Gasteiger partial charge in [0.2, 0.25) is 5.91 Å². The molecule has 0 bridgehead atoms. The molecule has 31 heavy (non-hydrogen) atoms. The molecule has 0 aliphatic heterocycles. The zero-order valence-corrected chi connectivity index (χ0v) is 18.1. The number of hydrogen-bond donors (Lipinski definition) is 2. The number of nitrogens with one attached hydrogen (secondary N) is 1. The molecular formula is C22H22N4O4S. The fourth-order valence-corrected chi connectivity index (χ4v) is 3.51. The molecular weight excluding hydrogens is 416 g/mol. The number of ether oxygens (including phenoxy) is 1. The third-order valence-corrected chi connectivity index (χ3v) is 5.48. The summed E-state index contributed by atoms with van der Waals surface area (Å²) in [6, 6.07) is 14.3. The predicted octanol–water partition coefficient (Wildman–Crippen LogP) is 2.08. The molecule has 8 nitrogen and oxygen atoms in total. The van der Waals surface area contributed by atoms with E-state index in [1.807, 2.05) is 18.4 Å². The fourth-order valence-electron chi connectivity index (χ4n) is 3.10. The standard InChI is InChI=1S/C22H22N4O4S/c1-24-21(28)17-12-18(13-4-8-15(30-2)9-5-13)25-26(22(17)29)19(20(23)27)14-6-10-16(31-3)11-7-14/h4-12,19H,1-3H3,(H2,23,27)(H,24,28). The maximum atomic E-state index is 13.1. The quantitative estimate of drug-likeness (QED) is 0.546. The number of rotatable bonds is 7. The molecule has 0 saturated carbocycles. The lowest BCUT2D eigenvalue weighted by Gasteiger charge is -2.18. The van der Waals surface area contributed by atoms with Gasteiger partial charge in [0.1, 0.15) is 11.3 Å². The number of primary amides is 1. The minimum Gasteiger partial charge on any atom is -0.497 e. The van der Waals surface area contributed by atoms with Crippen LogP contribution in [-0.2, 0) is 4.79 Å². The minimum atomic E-state index is -1.18. The Morgan fingerprint density at radius 3 is 2.29 bits per heavy atom. The van der Waals surface area contributed by atoms with Crippen LogP contribution in [0.2, 0.25) is 0 Å². The molecule has 0 radical (unpaired) electrons. The number of thioether (sulfide) groups is 1. The van der Waals surface area contributed by atoms with Crippen LogP contribution < -0.4 is 21.3 Å². The number of carbonyl (C=O) groups excluding carboxylic acids is 2. The molecule has 0 spiro atoms. The van der Waals surface area contributed by atoms with Crippen molar-refractivity contribution in [3.05, 3.63) is 76.1 Å². The lowest BCUT2D eigenvalue weighted by atomic mass is 10.1. The second-order valence-corrected chi connectivity index (χ2v) is 7.46. The van der Waals surface area contributed by atoms with E-state index in [-0.39, 0.29) is 5.56 Å². The summed E-state index contributed by atoms with van der Waals surface area (Å²) >= 11 is 1.55. The molecule has 1 atom stereocenters. The molecule has 1 heterocycles. The topological polar surface area (TPSA) is 116 Å². The Morgan fingerprint density at radius 2 is 1.77 bits per heavy atom. The average Bonchev–Trinajstić information content (AvgIpc) is 2.80. The van der Waals surface area contributed by atoms with Crippen molar-refractivity contribution in [3.8, 4) is 17.0 Å². The lowest BCUT2D eigenvalue weighted by Crippen LogP contribution is -2.40. The number of nitrogens with two attached hydrogens (primary N) is 1. The Labute approximate surface area is 183 Å². The van der Waals surface area contributed by atoms with E-state index in [9.17, 15) is 14.4 Å². The highest BCUT2D eigenvalue weighted by atomic mass is 32.2. The highest BCUT2D eigenvalue weighted by Crippen LogP contribution is 2.24. The van der Waals surface area contributed by atoms with Gasteiger partial charge >= 0.3 is 0 Å². The molecule has 0 fully saturated rings. The van der Waals surface area contributed by atoms with E-state index in [0.717, 1.165) is 9.58 Å². The Morgan fingerprint density at radius 1 is 1.13 bits per heavy atom. The van der Waals surface area contributed by atoms with Gasteiger partial charge in [0.15, 0.2) is 6.04 Å². The Kier molecular flexibility index (Phi) is 6.76. The third kappa shape index (κ3) is 4.61. The second kappa shape index (κ2) is 9.48. The van der Waals surface area contributed by atoms with Gasteiger partial charge in [-0.25, -0.2) is 4.68 Å². The van der Waals surface area contributed by atoms with E-state index in [2.05, 4.69) is 10.4 Å². The van der Waals surface area contributed by atoms with Crippen molar-refractivity contribution in [2.75, 3.05) is 20.4 Å². The normalized spacial score (nSPS) is 11.6. The third-order valence-electron chi connectivity index (χ3n) is 4.74. The molecule has 160 valence electrons. The number of carbonyl (C=O) groups is 2. The van der Waals surface area contributed by atoms with Crippen LogP contribution in [0.1, 0.15) is 22.0 Å². The summed E-state index contributed by atoms with van der Waals surface area (Å²) in [5.74, 6) is -0.703. The van der Waals surface area contributed by atoms with Crippen LogP contribution in [0.15, 0.2) is 64.3 Å². The van der Waals surface area contributed by atoms with E-state index in [1.165, 1.54) is 13.1 Å². The Balaban J connectivity index is 2.23. The first-order valence-electron chi connectivity index (χ1n) is 9.33. The van der Waals surface area contributed by atoms with Gasteiger partial charge in [0.25, 0.3) is 11.5 Å². The Bertz CT molecular complexity index is 1160. The minimum absolute atomic E-state index is 0.143. The average molecular weight is 439 g/mol. The summed E-state index contributed by atoms with van der Waals surface area (Å²) in [5.41, 5.74) is 6.28. The van der Waals surface area contributed by atoms with Crippen LogP contribution in [0.3, 0.4) is 0 Å². The van der Waals surface area contributed by atoms with Crippen LogP contribution in [-0.4, -0.2) is 42.0 Å². The zero-order valence-electron chi connectivity index (χ0n) is 17.3. The van der Waals surface area contributed by atoms with Gasteiger partial charge in [-0.05, 0) is 54.3 Å².